The van der Waals surface area contributed by atoms with Gasteiger partial charge in [-0.3, -0.25) is 4.90 Å². The van der Waals surface area contributed by atoms with Crippen LogP contribution >= 0.6 is 0 Å². The lowest BCUT2D eigenvalue weighted by Gasteiger charge is -2.36. The zero-order valence-electron chi connectivity index (χ0n) is 13.4. The molecule has 1 aromatic rings. The van der Waals surface area contributed by atoms with Crippen LogP contribution < -0.4 is 4.90 Å². The van der Waals surface area contributed by atoms with Gasteiger partial charge in [0.15, 0.2) is 0 Å². The summed E-state index contributed by atoms with van der Waals surface area (Å²) >= 11 is 0. The predicted octanol–water partition coefficient (Wildman–Crippen LogP) is 1.31. The van der Waals surface area contributed by atoms with Crippen LogP contribution in [0.25, 0.3) is 0 Å². The van der Waals surface area contributed by atoms with Gasteiger partial charge in [-0.1, -0.05) is 0 Å². The zero-order valence-corrected chi connectivity index (χ0v) is 13.4. The summed E-state index contributed by atoms with van der Waals surface area (Å²) in [5.41, 5.74) is 2.32. The summed E-state index contributed by atoms with van der Waals surface area (Å²) in [4.78, 5) is 16.4. The molecule has 5 nitrogen and oxygen atoms in total. The Morgan fingerprint density at radius 1 is 0.857 bits per heavy atom. The maximum atomic E-state index is 4.48. The SMILES string of the molecule is Cc1ncnc(N2CCN(CCN3CCCC3)CC2)c1C. The number of aryl methyl sites for hydroxylation is 1. The van der Waals surface area contributed by atoms with Crippen molar-refractivity contribution in [2.45, 2.75) is 26.7 Å². The van der Waals surface area contributed by atoms with Crippen LogP contribution in [0, 0.1) is 13.8 Å². The van der Waals surface area contributed by atoms with E-state index in [4.69, 9.17) is 0 Å². The second-order valence-electron chi connectivity index (χ2n) is 6.29. The molecule has 3 rings (SSSR count). The van der Waals surface area contributed by atoms with Crippen LogP contribution in [0.1, 0.15) is 24.1 Å². The molecule has 21 heavy (non-hydrogen) atoms. The van der Waals surface area contributed by atoms with E-state index in [1.165, 1.54) is 44.6 Å². The fourth-order valence-corrected chi connectivity index (χ4v) is 3.32. The van der Waals surface area contributed by atoms with Gasteiger partial charge in [0.1, 0.15) is 12.1 Å². The molecule has 0 saturated carbocycles. The number of likely N-dealkylation sites (tertiary alicyclic amines) is 1. The van der Waals surface area contributed by atoms with Crippen LogP contribution in [0.2, 0.25) is 0 Å². The van der Waals surface area contributed by atoms with Gasteiger partial charge >= 0.3 is 0 Å². The molecule has 0 aliphatic carbocycles. The maximum absolute atomic E-state index is 4.48. The summed E-state index contributed by atoms with van der Waals surface area (Å²) in [6.07, 6.45) is 4.47. The minimum absolute atomic E-state index is 1.08. The average molecular weight is 289 g/mol. The van der Waals surface area contributed by atoms with Gasteiger partial charge in [0, 0.05) is 50.5 Å². The Labute approximate surface area is 128 Å². The van der Waals surface area contributed by atoms with Crippen LogP contribution in [0.4, 0.5) is 5.82 Å². The first-order chi connectivity index (χ1) is 10.2. The molecule has 0 atom stereocenters. The lowest BCUT2D eigenvalue weighted by molar-refractivity contribution is 0.215. The van der Waals surface area contributed by atoms with E-state index in [1.807, 2.05) is 0 Å². The molecule has 0 radical (unpaired) electrons. The van der Waals surface area contributed by atoms with Crippen molar-refractivity contribution in [1.82, 2.24) is 19.8 Å². The Morgan fingerprint density at radius 3 is 2.14 bits per heavy atom. The number of piperazine rings is 1. The van der Waals surface area contributed by atoms with Gasteiger partial charge in [-0.15, -0.1) is 0 Å². The molecular formula is C16H27N5. The van der Waals surface area contributed by atoms with E-state index >= 15 is 0 Å². The second-order valence-corrected chi connectivity index (χ2v) is 6.29. The quantitative estimate of drug-likeness (QED) is 0.835. The van der Waals surface area contributed by atoms with Crippen LogP contribution in [-0.2, 0) is 0 Å². The largest absolute Gasteiger partial charge is 0.354 e. The highest BCUT2D eigenvalue weighted by atomic mass is 15.3. The normalized spacial score (nSPS) is 21.1. The van der Waals surface area contributed by atoms with Crippen molar-refractivity contribution in [1.29, 1.82) is 0 Å². The average Bonchev–Trinajstić information content (AvgIpc) is 3.02. The number of hydrogen-bond acceptors (Lipinski definition) is 5. The highest BCUT2D eigenvalue weighted by molar-refractivity contribution is 5.47. The first-order valence-corrected chi connectivity index (χ1v) is 8.22. The Morgan fingerprint density at radius 2 is 1.48 bits per heavy atom. The van der Waals surface area contributed by atoms with Gasteiger partial charge in [-0.2, -0.15) is 0 Å². The number of rotatable bonds is 4. The number of nitrogens with zero attached hydrogens (tertiary/aromatic N) is 5. The highest BCUT2D eigenvalue weighted by Gasteiger charge is 2.20. The van der Waals surface area contributed by atoms with Crippen LogP contribution in [0.15, 0.2) is 6.33 Å². The molecule has 0 spiro atoms. The zero-order chi connectivity index (χ0) is 14.7. The van der Waals surface area contributed by atoms with Crippen LogP contribution in [0.5, 0.6) is 0 Å². The molecule has 2 fully saturated rings. The molecule has 1 aromatic heterocycles. The molecule has 2 aliphatic rings. The lowest BCUT2D eigenvalue weighted by atomic mass is 10.2. The molecule has 0 unspecified atom stereocenters. The van der Waals surface area contributed by atoms with Gasteiger partial charge in [-0.25, -0.2) is 9.97 Å². The summed E-state index contributed by atoms with van der Waals surface area (Å²) in [5.74, 6) is 1.13. The Hall–Kier alpha value is -1.20. The van der Waals surface area contributed by atoms with Gasteiger partial charge in [-0.05, 0) is 39.8 Å². The number of hydrogen-bond donors (Lipinski definition) is 0. The minimum Gasteiger partial charge on any atom is -0.354 e. The van der Waals surface area contributed by atoms with Crippen molar-refractivity contribution in [2.24, 2.45) is 0 Å². The third-order valence-electron chi connectivity index (χ3n) is 4.91. The van der Waals surface area contributed by atoms with Gasteiger partial charge in [0.25, 0.3) is 0 Å². The Balaban J connectivity index is 1.49. The van der Waals surface area contributed by atoms with Crippen molar-refractivity contribution >= 4 is 5.82 Å². The summed E-state index contributed by atoms with van der Waals surface area (Å²) < 4.78 is 0. The molecule has 3 heterocycles. The van der Waals surface area contributed by atoms with Crippen molar-refractivity contribution < 1.29 is 0 Å². The van der Waals surface area contributed by atoms with E-state index in [0.29, 0.717) is 0 Å². The van der Waals surface area contributed by atoms with Crippen molar-refractivity contribution in [3.05, 3.63) is 17.6 Å². The molecule has 2 aliphatic heterocycles. The smallest absolute Gasteiger partial charge is 0.135 e. The monoisotopic (exact) mass is 289 g/mol. The first-order valence-electron chi connectivity index (χ1n) is 8.22. The molecule has 0 amide bonds. The van der Waals surface area contributed by atoms with E-state index in [9.17, 15) is 0 Å². The maximum Gasteiger partial charge on any atom is 0.135 e. The standard InChI is InChI=1S/C16H27N5/c1-14-15(2)17-13-18-16(14)21-11-9-20(10-12-21)8-7-19-5-3-4-6-19/h13H,3-12H2,1-2H3. The molecule has 2 saturated heterocycles. The van der Waals surface area contributed by atoms with Gasteiger partial charge in [0.05, 0.1) is 0 Å². The molecule has 116 valence electrons. The fourth-order valence-electron chi connectivity index (χ4n) is 3.32. The third kappa shape index (κ3) is 3.52. The fraction of sp³-hybridized carbons (Fsp3) is 0.750. The highest BCUT2D eigenvalue weighted by Crippen LogP contribution is 2.19. The summed E-state index contributed by atoms with van der Waals surface area (Å²) in [7, 11) is 0. The van der Waals surface area contributed by atoms with Crippen LogP contribution in [-0.4, -0.2) is 72.1 Å². The molecular weight excluding hydrogens is 262 g/mol. The molecule has 0 aromatic carbocycles. The number of aromatic nitrogens is 2. The molecule has 5 heteroatoms. The van der Waals surface area contributed by atoms with Gasteiger partial charge in [0.2, 0.25) is 0 Å². The summed E-state index contributed by atoms with van der Waals surface area (Å²) in [5, 5.41) is 0. The van der Waals surface area contributed by atoms with Crippen molar-refractivity contribution in [2.75, 3.05) is 57.3 Å². The minimum atomic E-state index is 1.08. The van der Waals surface area contributed by atoms with Crippen LogP contribution in [0.3, 0.4) is 0 Å². The van der Waals surface area contributed by atoms with E-state index < -0.39 is 0 Å². The van der Waals surface area contributed by atoms with Gasteiger partial charge < -0.3 is 9.80 Å². The van der Waals surface area contributed by atoms with E-state index in [2.05, 4.69) is 38.5 Å². The predicted molar refractivity (Wildman–Crippen MR) is 85.8 cm³/mol. The van der Waals surface area contributed by atoms with Crippen molar-refractivity contribution in [3.63, 3.8) is 0 Å². The molecule has 0 bridgehead atoms. The summed E-state index contributed by atoms with van der Waals surface area (Å²) in [6, 6.07) is 0. The van der Waals surface area contributed by atoms with E-state index in [-0.39, 0.29) is 0 Å². The van der Waals surface area contributed by atoms with E-state index in [1.54, 1.807) is 6.33 Å². The Kier molecular flexibility index (Phi) is 4.70. The first kappa shape index (κ1) is 14.7. The molecule has 0 N–H and O–H groups in total. The summed E-state index contributed by atoms with van der Waals surface area (Å²) in [6.45, 7) is 13.7. The van der Waals surface area contributed by atoms with E-state index in [0.717, 1.165) is 37.7 Å². The van der Waals surface area contributed by atoms with Crippen molar-refractivity contribution in [3.8, 4) is 0 Å². The topological polar surface area (TPSA) is 35.5 Å². The number of anilines is 1. The Bertz CT molecular complexity index is 462. The second kappa shape index (κ2) is 6.71. The third-order valence-corrected chi connectivity index (χ3v) is 4.91. The lowest BCUT2D eigenvalue weighted by Crippen LogP contribution is -2.48.